The van der Waals surface area contributed by atoms with E-state index in [1.165, 1.54) is 6.92 Å². The lowest BCUT2D eigenvalue weighted by atomic mass is 10.2. The Morgan fingerprint density at radius 1 is 1.48 bits per heavy atom. The van der Waals surface area contributed by atoms with Gasteiger partial charge in [-0.15, -0.1) is 0 Å². The number of halogens is 1. The average molecular weight is 324 g/mol. The van der Waals surface area contributed by atoms with Gasteiger partial charge in [-0.2, -0.15) is 11.3 Å². The van der Waals surface area contributed by atoms with Crippen LogP contribution in [0.2, 0.25) is 5.02 Å². The van der Waals surface area contributed by atoms with Crippen molar-refractivity contribution in [1.29, 1.82) is 0 Å². The number of epoxide rings is 1. The molecule has 0 bridgehead atoms. The zero-order valence-electron chi connectivity index (χ0n) is 11.4. The molecule has 1 aliphatic rings. The number of hydrogen-bond donors (Lipinski definition) is 0. The molecule has 0 aliphatic carbocycles. The highest BCUT2D eigenvalue weighted by atomic mass is 35.5. The third-order valence-electron chi connectivity index (χ3n) is 3.08. The largest absolute Gasteiger partial charge is 0.489 e. The topological polar surface area (TPSA) is 42.1 Å². The third-order valence-corrected chi connectivity index (χ3v) is 4.05. The average Bonchev–Trinajstić information content (AvgIpc) is 3.12. The summed E-state index contributed by atoms with van der Waals surface area (Å²) in [5.41, 5.74) is 1.56. The Kier molecular flexibility index (Phi) is 4.14. The lowest BCUT2D eigenvalue weighted by molar-refractivity contribution is -0.115. The molecule has 1 aromatic heterocycles. The van der Waals surface area contributed by atoms with Crippen molar-refractivity contribution in [2.45, 2.75) is 13.0 Å². The van der Waals surface area contributed by atoms with Crippen LogP contribution in [-0.4, -0.2) is 25.2 Å². The van der Waals surface area contributed by atoms with E-state index in [9.17, 15) is 4.79 Å². The SMILES string of the molecule is CC(=O)N(c1ccsc1)c1ccc(OCC2CO2)c(Cl)c1. The predicted molar refractivity (Wildman–Crippen MR) is 83.8 cm³/mol. The number of rotatable bonds is 5. The number of ether oxygens (including phenoxy) is 2. The van der Waals surface area contributed by atoms with Gasteiger partial charge in [-0.3, -0.25) is 9.69 Å². The Morgan fingerprint density at radius 2 is 2.29 bits per heavy atom. The number of thiophene rings is 1. The molecule has 0 radical (unpaired) electrons. The molecule has 0 saturated carbocycles. The molecule has 1 saturated heterocycles. The number of amides is 1. The van der Waals surface area contributed by atoms with Gasteiger partial charge in [0.1, 0.15) is 18.5 Å². The van der Waals surface area contributed by atoms with Gasteiger partial charge in [-0.25, -0.2) is 0 Å². The minimum absolute atomic E-state index is 0.0653. The van der Waals surface area contributed by atoms with Crippen LogP contribution >= 0.6 is 22.9 Å². The zero-order valence-corrected chi connectivity index (χ0v) is 13.0. The first-order chi connectivity index (χ1) is 10.1. The van der Waals surface area contributed by atoms with Crippen LogP contribution in [0, 0.1) is 0 Å². The molecule has 1 aliphatic heterocycles. The third kappa shape index (κ3) is 3.37. The Hall–Kier alpha value is -1.56. The predicted octanol–water partition coefficient (Wildman–Crippen LogP) is 3.86. The number of anilines is 2. The minimum Gasteiger partial charge on any atom is -0.489 e. The van der Waals surface area contributed by atoms with Gasteiger partial charge >= 0.3 is 0 Å². The number of nitrogens with zero attached hydrogens (tertiary/aromatic N) is 1. The maximum Gasteiger partial charge on any atom is 0.228 e. The summed E-state index contributed by atoms with van der Waals surface area (Å²) in [6, 6.07) is 7.24. The summed E-state index contributed by atoms with van der Waals surface area (Å²) in [4.78, 5) is 13.5. The van der Waals surface area contributed by atoms with Crippen LogP contribution < -0.4 is 9.64 Å². The van der Waals surface area contributed by atoms with Gasteiger partial charge in [-0.1, -0.05) is 11.6 Å². The first-order valence-corrected chi connectivity index (χ1v) is 7.84. The van der Waals surface area contributed by atoms with Crippen LogP contribution in [0.5, 0.6) is 5.75 Å². The van der Waals surface area contributed by atoms with E-state index < -0.39 is 0 Å². The van der Waals surface area contributed by atoms with Crippen LogP contribution in [0.1, 0.15) is 6.92 Å². The minimum atomic E-state index is -0.0653. The Bertz CT molecular complexity index is 640. The monoisotopic (exact) mass is 323 g/mol. The molecule has 1 amide bonds. The lowest BCUT2D eigenvalue weighted by Gasteiger charge is -2.20. The highest BCUT2D eigenvalue weighted by Gasteiger charge is 2.23. The smallest absolute Gasteiger partial charge is 0.228 e. The molecule has 1 atom stereocenters. The van der Waals surface area contributed by atoms with Crippen molar-refractivity contribution in [3.63, 3.8) is 0 Å². The van der Waals surface area contributed by atoms with E-state index in [-0.39, 0.29) is 12.0 Å². The molecule has 4 nitrogen and oxygen atoms in total. The second-order valence-corrected chi connectivity index (χ2v) is 5.90. The van der Waals surface area contributed by atoms with E-state index in [2.05, 4.69) is 0 Å². The molecule has 2 aromatic rings. The second-order valence-electron chi connectivity index (χ2n) is 4.72. The molecule has 1 unspecified atom stereocenters. The number of carbonyl (C=O) groups excluding carboxylic acids is 1. The lowest BCUT2D eigenvalue weighted by Crippen LogP contribution is -2.22. The highest BCUT2D eigenvalue weighted by Crippen LogP contribution is 2.34. The number of hydrogen-bond acceptors (Lipinski definition) is 4. The summed E-state index contributed by atoms with van der Waals surface area (Å²) in [7, 11) is 0. The van der Waals surface area contributed by atoms with Crippen molar-refractivity contribution < 1.29 is 14.3 Å². The zero-order chi connectivity index (χ0) is 14.8. The van der Waals surface area contributed by atoms with Crippen LogP contribution in [0.3, 0.4) is 0 Å². The quantitative estimate of drug-likeness (QED) is 0.784. The standard InChI is InChI=1S/C15H14ClNO3S/c1-10(18)17(12-4-5-21-9-12)11-2-3-15(14(16)6-11)20-8-13-7-19-13/h2-6,9,13H,7-8H2,1H3. The summed E-state index contributed by atoms with van der Waals surface area (Å²) >= 11 is 7.78. The van der Waals surface area contributed by atoms with Gasteiger partial charge in [0.05, 0.1) is 23.0 Å². The molecular formula is C15H14ClNO3S. The van der Waals surface area contributed by atoms with Gasteiger partial charge in [-0.05, 0) is 29.6 Å². The normalized spacial score (nSPS) is 16.6. The second kappa shape index (κ2) is 6.05. The van der Waals surface area contributed by atoms with Crippen molar-refractivity contribution in [2.24, 2.45) is 0 Å². The highest BCUT2D eigenvalue weighted by molar-refractivity contribution is 7.08. The summed E-state index contributed by atoms with van der Waals surface area (Å²) in [6.45, 7) is 2.77. The first-order valence-electron chi connectivity index (χ1n) is 6.52. The van der Waals surface area contributed by atoms with Gasteiger partial charge in [0.25, 0.3) is 0 Å². The van der Waals surface area contributed by atoms with E-state index in [4.69, 9.17) is 21.1 Å². The van der Waals surface area contributed by atoms with E-state index in [0.29, 0.717) is 17.4 Å². The molecule has 110 valence electrons. The van der Waals surface area contributed by atoms with E-state index in [0.717, 1.165) is 18.0 Å². The molecule has 21 heavy (non-hydrogen) atoms. The van der Waals surface area contributed by atoms with Gasteiger partial charge in [0, 0.05) is 12.3 Å². The van der Waals surface area contributed by atoms with Gasteiger partial charge < -0.3 is 9.47 Å². The molecule has 0 N–H and O–H groups in total. The molecule has 1 fully saturated rings. The molecule has 3 rings (SSSR count). The first kappa shape index (κ1) is 14.4. The van der Waals surface area contributed by atoms with Crippen molar-refractivity contribution in [3.8, 4) is 5.75 Å². The van der Waals surface area contributed by atoms with Crippen LogP contribution in [0.15, 0.2) is 35.0 Å². The van der Waals surface area contributed by atoms with Crippen molar-refractivity contribution in [1.82, 2.24) is 0 Å². The fourth-order valence-electron chi connectivity index (χ4n) is 1.99. The maximum atomic E-state index is 11.9. The number of benzene rings is 1. The molecule has 0 spiro atoms. The van der Waals surface area contributed by atoms with Crippen molar-refractivity contribution in [2.75, 3.05) is 18.1 Å². The van der Waals surface area contributed by atoms with Crippen molar-refractivity contribution >= 4 is 40.2 Å². The van der Waals surface area contributed by atoms with Gasteiger partial charge in [0.15, 0.2) is 0 Å². The van der Waals surface area contributed by atoms with E-state index in [1.807, 2.05) is 22.9 Å². The van der Waals surface area contributed by atoms with Crippen LogP contribution in [-0.2, 0) is 9.53 Å². The fraction of sp³-hybridized carbons (Fsp3) is 0.267. The maximum absolute atomic E-state index is 11.9. The fourth-order valence-corrected chi connectivity index (χ4v) is 2.84. The summed E-state index contributed by atoms with van der Waals surface area (Å²) in [6.07, 6.45) is 0.181. The van der Waals surface area contributed by atoms with Gasteiger partial charge in [0.2, 0.25) is 5.91 Å². The molecule has 6 heteroatoms. The van der Waals surface area contributed by atoms with Crippen LogP contribution in [0.25, 0.3) is 0 Å². The Morgan fingerprint density at radius 3 is 2.86 bits per heavy atom. The summed E-state index contributed by atoms with van der Waals surface area (Å²) in [5.74, 6) is 0.536. The van der Waals surface area contributed by atoms with Crippen molar-refractivity contribution in [3.05, 3.63) is 40.0 Å². The molecular weight excluding hydrogens is 310 g/mol. The Balaban J connectivity index is 1.83. The molecule has 2 heterocycles. The number of carbonyl (C=O) groups is 1. The molecule has 1 aromatic carbocycles. The van der Waals surface area contributed by atoms with Crippen LogP contribution in [0.4, 0.5) is 11.4 Å². The van der Waals surface area contributed by atoms with E-state index in [1.54, 1.807) is 28.4 Å². The summed E-state index contributed by atoms with van der Waals surface area (Å²) in [5, 5.41) is 4.33. The van der Waals surface area contributed by atoms with E-state index >= 15 is 0 Å². The Labute approximate surface area is 131 Å². The summed E-state index contributed by atoms with van der Waals surface area (Å²) < 4.78 is 10.7.